The van der Waals surface area contributed by atoms with E-state index in [2.05, 4.69) is 22.9 Å². The molecule has 2 aliphatic carbocycles. The summed E-state index contributed by atoms with van der Waals surface area (Å²) < 4.78 is 22.5. The summed E-state index contributed by atoms with van der Waals surface area (Å²) in [6.07, 6.45) is 11.2. The molecule has 1 atom stereocenters. The van der Waals surface area contributed by atoms with Crippen LogP contribution in [0.4, 0.5) is 4.39 Å². The molecule has 0 saturated heterocycles. The topological polar surface area (TPSA) is 56.2 Å². The van der Waals surface area contributed by atoms with Crippen LogP contribution in [0.2, 0.25) is 0 Å². The van der Waals surface area contributed by atoms with Gasteiger partial charge in [0, 0.05) is 12.1 Å². The molecule has 1 N–H and O–H groups in total. The Morgan fingerprint density at radius 1 is 1.06 bits per heavy atom. The van der Waals surface area contributed by atoms with Crippen LogP contribution in [-0.2, 0) is 11.4 Å². The fourth-order valence-corrected chi connectivity index (χ4v) is 6.08. The second kappa shape index (κ2) is 11.0. The van der Waals surface area contributed by atoms with Crippen LogP contribution in [0, 0.1) is 25.6 Å². The van der Waals surface area contributed by atoms with Crippen LogP contribution in [0.25, 0.3) is 11.0 Å². The molecule has 0 radical (unpaired) electrons. The van der Waals surface area contributed by atoms with E-state index in [-0.39, 0.29) is 36.3 Å². The van der Waals surface area contributed by atoms with Crippen molar-refractivity contribution in [3.8, 4) is 5.75 Å². The number of ether oxygens (including phenoxy) is 1. The van der Waals surface area contributed by atoms with Gasteiger partial charge in [0.1, 0.15) is 30.0 Å². The molecule has 1 aromatic heterocycles. The molecule has 192 valence electrons. The summed E-state index contributed by atoms with van der Waals surface area (Å²) in [5.41, 5.74) is 3.62. The first-order valence-corrected chi connectivity index (χ1v) is 13.7. The van der Waals surface area contributed by atoms with Crippen molar-refractivity contribution in [3.05, 3.63) is 59.2 Å². The highest BCUT2D eigenvalue weighted by atomic mass is 19.1. The molecular weight excluding hydrogens is 453 g/mol. The van der Waals surface area contributed by atoms with Crippen molar-refractivity contribution in [3.63, 3.8) is 0 Å². The minimum atomic E-state index is -0.375. The highest BCUT2D eigenvalue weighted by Crippen LogP contribution is 2.37. The first-order chi connectivity index (χ1) is 17.5. The number of amides is 1. The molecule has 5 nitrogen and oxygen atoms in total. The van der Waals surface area contributed by atoms with E-state index in [1.165, 1.54) is 37.8 Å². The second-order valence-electron chi connectivity index (χ2n) is 10.7. The summed E-state index contributed by atoms with van der Waals surface area (Å²) >= 11 is 0. The number of hydrogen-bond donors (Lipinski definition) is 1. The highest BCUT2D eigenvalue weighted by molar-refractivity contribution is 5.85. The lowest BCUT2D eigenvalue weighted by atomic mass is 9.83. The Morgan fingerprint density at radius 3 is 2.53 bits per heavy atom. The van der Waals surface area contributed by atoms with E-state index in [0.717, 1.165) is 60.9 Å². The van der Waals surface area contributed by atoms with Gasteiger partial charge in [0.25, 0.3) is 0 Å². The monoisotopic (exact) mass is 491 g/mol. The Labute approximate surface area is 213 Å². The van der Waals surface area contributed by atoms with Crippen molar-refractivity contribution < 1.29 is 13.9 Å². The van der Waals surface area contributed by atoms with Crippen LogP contribution in [0.5, 0.6) is 5.75 Å². The van der Waals surface area contributed by atoms with Crippen LogP contribution in [0.3, 0.4) is 0 Å². The summed E-state index contributed by atoms with van der Waals surface area (Å²) in [4.78, 5) is 18.8. The molecule has 1 unspecified atom stereocenters. The van der Waals surface area contributed by atoms with Crippen LogP contribution < -0.4 is 10.1 Å². The number of fused-ring (bicyclic) bond motifs is 1. The van der Waals surface area contributed by atoms with Gasteiger partial charge in [0.2, 0.25) is 5.91 Å². The fraction of sp³-hybridized carbons (Fsp3) is 0.533. The number of benzene rings is 2. The summed E-state index contributed by atoms with van der Waals surface area (Å²) in [5, 5.41) is 3.40. The predicted molar refractivity (Wildman–Crippen MR) is 141 cm³/mol. The maximum atomic E-state index is 14.2. The lowest BCUT2D eigenvalue weighted by Crippen LogP contribution is -2.43. The molecule has 0 spiro atoms. The van der Waals surface area contributed by atoms with Gasteiger partial charge in [0.05, 0.1) is 11.0 Å². The number of aromatic nitrogens is 2. The van der Waals surface area contributed by atoms with Gasteiger partial charge in [-0.15, -0.1) is 0 Å². The number of aryl methyl sites for hydroxylation is 1. The first kappa shape index (κ1) is 24.8. The van der Waals surface area contributed by atoms with Crippen molar-refractivity contribution in [1.82, 2.24) is 14.9 Å². The third-order valence-electron chi connectivity index (χ3n) is 8.23. The van der Waals surface area contributed by atoms with Crippen LogP contribution >= 0.6 is 0 Å². The van der Waals surface area contributed by atoms with Gasteiger partial charge in [0.15, 0.2) is 0 Å². The molecule has 2 fully saturated rings. The third-order valence-corrected chi connectivity index (χ3v) is 8.23. The van der Waals surface area contributed by atoms with Gasteiger partial charge in [-0.1, -0.05) is 50.7 Å². The van der Waals surface area contributed by atoms with Crippen molar-refractivity contribution in [1.29, 1.82) is 0 Å². The van der Waals surface area contributed by atoms with Gasteiger partial charge in [-0.25, -0.2) is 9.37 Å². The number of halogens is 1. The Hall–Kier alpha value is -2.89. The van der Waals surface area contributed by atoms with Gasteiger partial charge in [-0.2, -0.15) is 0 Å². The Bertz CT molecular complexity index is 1210. The summed E-state index contributed by atoms with van der Waals surface area (Å²) in [6.45, 7) is 4.33. The average molecular weight is 492 g/mol. The van der Waals surface area contributed by atoms with Crippen LogP contribution in [0.1, 0.15) is 87.2 Å². The Balaban J connectivity index is 1.53. The van der Waals surface area contributed by atoms with E-state index in [9.17, 15) is 9.18 Å². The summed E-state index contributed by atoms with van der Waals surface area (Å²) in [7, 11) is 0. The molecule has 2 aromatic carbocycles. The lowest BCUT2D eigenvalue weighted by Gasteiger charge is -2.33. The predicted octanol–water partition coefficient (Wildman–Crippen LogP) is 6.94. The number of nitrogens with zero attached hydrogens (tertiary/aromatic N) is 2. The number of nitrogens with one attached hydrogen (secondary N) is 1. The Kier molecular flexibility index (Phi) is 7.59. The largest absolute Gasteiger partial charge is 0.485 e. The molecule has 1 amide bonds. The third kappa shape index (κ3) is 5.28. The number of imidazole rings is 1. The fourth-order valence-electron chi connectivity index (χ4n) is 6.08. The van der Waals surface area contributed by atoms with E-state index >= 15 is 0 Å². The number of carbonyl (C=O) groups excluding carboxylic acids is 1. The first-order valence-electron chi connectivity index (χ1n) is 13.7. The molecule has 3 aromatic rings. The quantitative estimate of drug-likeness (QED) is 0.389. The maximum absolute atomic E-state index is 14.2. The zero-order valence-electron chi connectivity index (χ0n) is 21.6. The second-order valence-corrected chi connectivity index (χ2v) is 10.7. The highest BCUT2D eigenvalue weighted by Gasteiger charge is 2.35. The number of carbonyl (C=O) groups is 1. The normalized spacial score (nSPS) is 18.3. The average Bonchev–Trinajstić information content (AvgIpc) is 3.23. The van der Waals surface area contributed by atoms with E-state index in [1.807, 2.05) is 19.1 Å². The van der Waals surface area contributed by atoms with Gasteiger partial charge in [-0.05, 0) is 74.8 Å². The smallest absolute Gasteiger partial charge is 0.243 e. The number of hydrogen-bond acceptors (Lipinski definition) is 3. The van der Waals surface area contributed by atoms with Gasteiger partial charge in [-0.3, -0.25) is 4.79 Å². The molecule has 0 aliphatic heterocycles. The molecule has 2 saturated carbocycles. The van der Waals surface area contributed by atoms with E-state index < -0.39 is 0 Å². The zero-order chi connectivity index (χ0) is 25.1. The molecule has 0 bridgehead atoms. The minimum Gasteiger partial charge on any atom is -0.485 e. The molecule has 2 aliphatic rings. The zero-order valence-corrected chi connectivity index (χ0v) is 21.6. The van der Waals surface area contributed by atoms with Crippen molar-refractivity contribution in [2.75, 3.05) is 0 Å². The van der Waals surface area contributed by atoms with Crippen molar-refractivity contribution >= 4 is 16.9 Å². The minimum absolute atomic E-state index is 0.0745. The van der Waals surface area contributed by atoms with Crippen LogP contribution in [-0.4, -0.2) is 21.5 Å². The summed E-state index contributed by atoms with van der Waals surface area (Å²) in [5.74, 6) is 1.45. The van der Waals surface area contributed by atoms with Gasteiger partial charge < -0.3 is 14.6 Å². The van der Waals surface area contributed by atoms with E-state index in [4.69, 9.17) is 9.72 Å². The van der Waals surface area contributed by atoms with E-state index in [0.29, 0.717) is 11.3 Å². The Morgan fingerprint density at radius 2 is 1.78 bits per heavy atom. The van der Waals surface area contributed by atoms with Crippen LogP contribution in [0.15, 0.2) is 36.4 Å². The van der Waals surface area contributed by atoms with Crippen molar-refractivity contribution in [2.45, 2.75) is 96.7 Å². The molecule has 1 heterocycles. The number of rotatable bonds is 7. The SMILES string of the molecule is Cc1cccc(OCc2nc3cc(F)ccc3n2C(C(=O)NC2CCCCC2)C2CCCCC2)c1C. The molecule has 36 heavy (non-hydrogen) atoms. The molecule has 5 rings (SSSR count). The summed E-state index contributed by atoms with van der Waals surface area (Å²) in [6, 6.07) is 10.6. The molecule has 6 heteroatoms. The van der Waals surface area contributed by atoms with Crippen molar-refractivity contribution in [2.24, 2.45) is 5.92 Å². The van der Waals surface area contributed by atoms with E-state index in [1.54, 1.807) is 6.07 Å². The lowest BCUT2D eigenvalue weighted by molar-refractivity contribution is -0.127. The standard InChI is InChI=1S/C30H38FN3O2/c1-20-10-9-15-27(21(20)2)36-19-28-33-25-18-23(31)16-17-26(25)34(28)29(22-11-5-3-6-12-22)30(35)32-24-13-7-4-8-14-24/h9-10,15-18,22,24,29H,3-8,11-14,19H2,1-2H3,(H,32,35). The molecular formula is C30H38FN3O2. The maximum Gasteiger partial charge on any atom is 0.243 e. The van der Waals surface area contributed by atoms with Gasteiger partial charge >= 0.3 is 0 Å².